The fourth-order valence-corrected chi connectivity index (χ4v) is 1.19. The summed E-state index contributed by atoms with van der Waals surface area (Å²) in [4.78, 5) is 0. The molecule has 0 aliphatic rings. The van der Waals surface area contributed by atoms with Gasteiger partial charge in [-0.05, 0) is 47.7 Å². The first kappa shape index (κ1) is 7.85. The van der Waals surface area contributed by atoms with Gasteiger partial charge in [0.1, 0.15) is 12.4 Å². The molecule has 1 radical (unpaired) electrons. The maximum Gasteiger partial charge on any atom is 0.132 e. The summed E-state index contributed by atoms with van der Waals surface area (Å²) in [7, 11) is 0. The normalized spacial score (nSPS) is 9.40. The Morgan fingerprint density at radius 2 is 2.30 bits per heavy atom. The zero-order chi connectivity index (χ0) is 7.40. The predicted molar refractivity (Wildman–Crippen MR) is 49.8 cm³/mol. The second-order valence-corrected chi connectivity index (χ2v) is 3.06. The summed E-state index contributed by atoms with van der Waals surface area (Å²) in [5, 5.41) is 0. The molecule has 0 spiro atoms. The van der Waals surface area contributed by atoms with E-state index < -0.39 is 0 Å². The van der Waals surface area contributed by atoms with Crippen molar-refractivity contribution in [2.45, 2.75) is 6.92 Å². The van der Waals surface area contributed by atoms with Gasteiger partial charge in [0.2, 0.25) is 0 Å². The Morgan fingerprint density at radius 1 is 1.50 bits per heavy atom. The topological polar surface area (TPSA) is 9.23 Å². The molecule has 0 saturated carbocycles. The zero-order valence-corrected chi connectivity index (χ0v) is 7.83. The monoisotopic (exact) mass is 247 g/mol. The van der Waals surface area contributed by atoms with E-state index in [-0.39, 0.29) is 0 Å². The Morgan fingerprint density at radius 3 is 2.90 bits per heavy atom. The highest BCUT2D eigenvalue weighted by Crippen LogP contribution is 2.14. The van der Waals surface area contributed by atoms with E-state index in [1.807, 2.05) is 31.2 Å². The van der Waals surface area contributed by atoms with Crippen LogP contribution >= 0.6 is 22.6 Å². The molecule has 1 aromatic rings. The summed E-state index contributed by atoms with van der Waals surface area (Å²) < 4.78 is 6.35. The molecule has 0 aromatic heterocycles. The maximum absolute atomic E-state index is 5.16. The number of ether oxygens (including phenoxy) is 1. The molecule has 10 heavy (non-hydrogen) atoms. The molecule has 1 nitrogen and oxygen atoms in total. The fourth-order valence-electron chi connectivity index (χ4n) is 0.676. The quantitative estimate of drug-likeness (QED) is 0.730. The van der Waals surface area contributed by atoms with Crippen LogP contribution in [0, 0.1) is 10.2 Å². The molecule has 0 bridgehead atoms. The third-order valence-electron chi connectivity index (χ3n) is 1.05. The Kier molecular flexibility index (Phi) is 2.99. The summed E-state index contributed by atoms with van der Waals surface area (Å²) >= 11 is 2.25. The molecule has 0 atom stereocenters. The third kappa shape index (κ3) is 2.17. The fraction of sp³-hybridized carbons (Fsp3) is 0.125. The molecule has 0 saturated heterocycles. The molecule has 0 unspecified atom stereocenters. The van der Waals surface area contributed by atoms with Crippen LogP contribution in [0.1, 0.15) is 6.92 Å². The van der Waals surface area contributed by atoms with Gasteiger partial charge in [-0.3, -0.25) is 0 Å². The Balaban J connectivity index is 2.75. The van der Waals surface area contributed by atoms with Crippen molar-refractivity contribution < 1.29 is 4.74 Å². The molecule has 0 fully saturated rings. The van der Waals surface area contributed by atoms with Gasteiger partial charge in [0.25, 0.3) is 0 Å². The van der Waals surface area contributed by atoms with E-state index >= 15 is 0 Å². The SMILES string of the molecule is C[CH]Oc1cccc(I)c1. The van der Waals surface area contributed by atoms with Crippen LogP contribution in [0.25, 0.3) is 0 Å². The standard InChI is InChI=1S/C8H8IO/c1-2-10-8-5-3-4-7(9)6-8/h2-6H,1H3. The van der Waals surface area contributed by atoms with Crippen LogP contribution in [0.2, 0.25) is 0 Å². The van der Waals surface area contributed by atoms with Gasteiger partial charge >= 0.3 is 0 Å². The number of hydrogen-bond donors (Lipinski definition) is 0. The average Bonchev–Trinajstić information content (AvgIpc) is 1.88. The second-order valence-electron chi connectivity index (χ2n) is 1.81. The molecule has 2 heteroatoms. The lowest BCUT2D eigenvalue weighted by Crippen LogP contribution is -1.84. The van der Waals surface area contributed by atoms with Gasteiger partial charge in [-0.15, -0.1) is 0 Å². The summed E-state index contributed by atoms with van der Waals surface area (Å²) in [5.41, 5.74) is 0. The van der Waals surface area contributed by atoms with Gasteiger partial charge in [-0.1, -0.05) is 6.07 Å². The van der Waals surface area contributed by atoms with Crippen LogP contribution in [-0.4, -0.2) is 0 Å². The minimum absolute atomic E-state index is 0.898. The van der Waals surface area contributed by atoms with Crippen LogP contribution in [0.5, 0.6) is 5.75 Å². The number of benzene rings is 1. The van der Waals surface area contributed by atoms with Crippen LogP contribution < -0.4 is 4.74 Å². The van der Waals surface area contributed by atoms with E-state index in [1.165, 1.54) is 3.57 Å². The van der Waals surface area contributed by atoms with Gasteiger partial charge in [0.15, 0.2) is 0 Å². The van der Waals surface area contributed by atoms with Crippen LogP contribution in [0.4, 0.5) is 0 Å². The molecule has 1 aromatic carbocycles. The lowest BCUT2D eigenvalue weighted by molar-refractivity contribution is 0.416. The first-order valence-corrected chi connectivity index (χ1v) is 4.11. The summed E-state index contributed by atoms with van der Waals surface area (Å²) in [5.74, 6) is 0.898. The van der Waals surface area contributed by atoms with Gasteiger partial charge in [-0.2, -0.15) is 0 Å². The number of hydrogen-bond acceptors (Lipinski definition) is 1. The highest BCUT2D eigenvalue weighted by molar-refractivity contribution is 14.1. The maximum atomic E-state index is 5.16. The van der Waals surface area contributed by atoms with Crippen LogP contribution in [-0.2, 0) is 0 Å². The van der Waals surface area contributed by atoms with Crippen molar-refractivity contribution in [3.63, 3.8) is 0 Å². The van der Waals surface area contributed by atoms with E-state index in [0.29, 0.717) is 0 Å². The van der Waals surface area contributed by atoms with E-state index in [4.69, 9.17) is 4.74 Å². The smallest absolute Gasteiger partial charge is 0.132 e. The van der Waals surface area contributed by atoms with Crippen molar-refractivity contribution in [3.05, 3.63) is 34.4 Å². The molecule has 0 amide bonds. The van der Waals surface area contributed by atoms with Crippen molar-refractivity contribution in [2.75, 3.05) is 0 Å². The third-order valence-corrected chi connectivity index (χ3v) is 1.72. The summed E-state index contributed by atoms with van der Waals surface area (Å²) in [6.45, 7) is 3.53. The largest absolute Gasteiger partial charge is 0.487 e. The molecular weight excluding hydrogens is 239 g/mol. The van der Waals surface area contributed by atoms with Gasteiger partial charge in [-0.25, -0.2) is 0 Å². The number of halogens is 1. The van der Waals surface area contributed by atoms with Crippen molar-refractivity contribution >= 4 is 22.6 Å². The highest BCUT2D eigenvalue weighted by atomic mass is 127. The van der Waals surface area contributed by atoms with Crippen molar-refractivity contribution in [1.82, 2.24) is 0 Å². The van der Waals surface area contributed by atoms with Crippen molar-refractivity contribution in [2.24, 2.45) is 0 Å². The van der Waals surface area contributed by atoms with Crippen molar-refractivity contribution in [3.8, 4) is 5.75 Å². The average molecular weight is 247 g/mol. The highest BCUT2D eigenvalue weighted by Gasteiger charge is 1.90. The van der Waals surface area contributed by atoms with E-state index in [2.05, 4.69) is 22.6 Å². The Labute approximate surface area is 74.5 Å². The molecular formula is C8H8IO. The van der Waals surface area contributed by atoms with E-state index in [0.717, 1.165) is 5.75 Å². The molecule has 1 rings (SSSR count). The first-order valence-electron chi connectivity index (χ1n) is 3.03. The molecule has 0 aliphatic carbocycles. The second kappa shape index (κ2) is 3.81. The molecule has 0 heterocycles. The molecule has 53 valence electrons. The van der Waals surface area contributed by atoms with Crippen LogP contribution in [0.3, 0.4) is 0 Å². The van der Waals surface area contributed by atoms with E-state index in [9.17, 15) is 0 Å². The van der Waals surface area contributed by atoms with E-state index in [1.54, 1.807) is 6.61 Å². The Hall–Kier alpha value is -0.250. The minimum atomic E-state index is 0.898. The van der Waals surface area contributed by atoms with Gasteiger partial charge < -0.3 is 4.74 Å². The summed E-state index contributed by atoms with van der Waals surface area (Å²) in [6, 6.07) is 7.92. The van der Waals surface area contributed by atoms with Gasteiger partial charge in [0, 0.05) is 3.57 Å². The van der Waals surface area contributed by atoms with Gasteiger partial charge in [0.05, 0.1) is 0 Å². The number of rotatable bonds is 2. The minimum Gasteiger partial charge on any atom is -0.487 e. The Bertz CT molecular complexity index is 210. The lowest BCUT2D eigenvalue weighted by atomic mass is 10.3. The van der Waals surface area contributed by atoms with Crippen LogP contribution in [0.15, 0.2) is 24.3 Å². The lowest BCUT2D eigenvalue weighted by Gasteiger charge is -2.00. The molecule has 0 aliphatic heterocycles. The zero-order valence-electron chi connectivity index (χ0n) is 5.67. The first-order chi connectivity index (χ1) is 4.83. The summed E-state index contributed by atoms with van der Waals surface area (Å²) in [6.07, 6.45) is 0. The predicted octanol–water partition coefficient (Wildman–Crippen LogP) is 2.85. The van der Waals surface area contributed by atoms with Crippen molar-refractivity contribution in [1.29, 1.82) is 0 Å². The molecule has 0 N–H and O–H groups in total.